The second-order valence-corrected chi connectivity index (χ2v) is 8.26. The lowest BCUT2D eigenvalue weighted by Gasteiger charge is -2.22. The highest BCUT2D eigenvalue weighted by atomic mass is 35.5. The van der Waals surface area contributed by atoms with Gasteiger partial charge in [0, 0.05) is 37.6 Å². The monoisotopic (exact) mass is 472 g/mol. The zero-order valence-corrected chi connectivity index (χ0v) is 19.0. The Labute approximate surface area is 201 Å². The number of pyridine rings is 2. The molecule has 5 rings (SSSR count). The number of hydrogen-bond acceptors (Lipinski definition) is 5. The fourth-order valence-corrected chi connectivity index (χ4v) is 4.18. The van der Waals surface area contributed by atoms with E-state index in [0.717, 1.165) is 33.5 Å². The van der Waals surface area contributed by atoms with E-state index in [1.54, 1.807) is 24.8 Å². The van der Waals surface area contributed by atoms with E-state index < -0.39 is 0 Å². The van der Waals surface area contributed by atoms with Gasteiger partial charge in [0.2, 0.25) is 0 Å². The van der Waals surface area contributed by atoms with E-state index >= 15 is 0 Å². The molecule has 0 fully saturated rings. The van der Waals surface area contributed by atoms with Gasteiger partial charge in [0.1, 0.15) is 17.5 Å². The number of anilines is 2. The Morgan fingerprint density at radius 3 is 2.65 bits per heavy atom. The summed E-state index contributed by atoms with van der Waals surface area (Å²) in [5, 5.41) is 0.535. The second kappa shape index (κ2) is 9.59. The summed E-state index contributed by atoms with van der Waals surface area (Å²) in [5.74, 6) is 1.21. The number of aromatic nitrogens is 4. The molecule has 0 amide bonds. The highest BCUT2D eigenvalue weighted by Gasteiger charge is 2.15. The minimum absolute atomic E-state index is 0.256. The zero-order chi connectivity index (χ0) is 23.5. The van der Waals surface area contributed by atoms with Crippen LogP contribution in [-0.2, 0) is 6.54 Å². The zero-order valence-electron chi connectivity index (χ0n) is 18.3. The molecule has 0 atom stereocenters. The van der Waals surface area contributed by atoms with Crippen molar-refractivity contribution < 1.29 is 4.39 Å². The lowest BCUT2D eigenvalue weighted by Crippen LogP contribution is -2.26. The van der Waals surface area contributed by atoms with Crippen LogP contribution in [0.3, 0.4) is 0 Å². The minimum Gasteiger partial charge on any atom is -0.329 e. The molecule has 34 heavy (non-hydrogen) atoms. The van der Waals surface area contributed by atoms with Gasteiger partial charge in [-0.15, -0.1) is 0 Å². The fourth-order valence-electron chi connectivity index (χ4n) is 3.97. The number of benzene rings is 2. The molecule has 3 aromatic heterocycles. The predicted octanol–water partition coefficient (Wildman–Crippen LogP) is 5.43. The van der Waals surface area contributed by atoms with Crippen LogP contribution in [0.2, 0.25) is 5.02 Å². The maximum Gasteiger partial charge on any atom is 0.134 e. The van der Waals surface area contributed by atoms with Crippen LogP contribution in [0.5, 0.6) is 0 Å². The van der Waals surface area contributed by atoms with Crippen LogP contribution in [-0.4, -0.2) is 32.6 Å². The summed E-state index contributed by atoms with van der Waals surface area (Å²) >= 11 is 6.59. The van der Waals surface area contributed by atoms with E-state index in [-0.39, 0.29) is 5.82 Å². The average molecular weight is 473 g/mol. The van der Waals surface area contributed by atoms with Crippen LogP contribution in [0.15, 0.2) is 85.5 Å². The molecule has 0 aliphatic carbocycles. The summed E-state index contributed by atoms with van der Waals surface area (Å²) < 4.78 is 15.7. The van der Waals surface area contributed by atoms with Crippen molar-refractivity contribution in [1.82, 2.24) is 19.5 Å². The highest BCUT2D eigenvalue weighted by molar-refractivity contribution is 6.33. The molecule has 8 heteroatoms. The van der Waals surface area contributed by atoms with Crippen molar-refractivity contribution in [2.24, 2.45) is 5.73 Å². The molecule has 170 valence electrons. The molecule has 0 aliphatic rings. The number of nitrogens with zero attached hydrogens (tertiary/aromatic N) is 5. The number of imidazole rings is 1. The number of nitrogens with two attached hydrogens (primary N) is 1. The Kier molecular flexibility index (Phi) is 6.20. The summed E-state index contributed by atoms with van der Waals surface area (Å²) in [6, 6.07) is 20.2. The van der Waals surface area contributed by atoms with Crippen LogP contribution in [0, 0.1) is 5.82 Å². The van der Waals surface area contributed by atoms with Crippen molar-refractivity contribution in [3.8, 4) is 11.1 Å². The Morgan fingerprint density at radius 2 is 1.85 bits per heavy atom. The van der Waals surface area contributed by atoms with Crippen molar-refractivity contribution in [2.45, 2.75) is 6.54 Å². The van der Waals surface area contributed by atoms with E-state index in [1.807, 2.05) is 58.0 Å². The summed E-state index contributed by atoms with van der Waals surface area (Å²) in [7, 11) is 0. The lowest BCUT2D eigenvalue weighted by atomic mass is 10.1. The smallest absolute Gasteiger partial charge is 0.134 e. The SMILES string of the molecule is NCCN(c1ccccn1)c1cc(-c2ccc3ncn(Cc4cccc(F)c4)c3c2)c(Cl)cn1. The van der Waals surface area contributed by atoms with Crippen molar-refractivity contribution in [3.63, 3.8) is 0 Å². The second-order valence-electron chi connectivity index (χ2n) is 7.86. The van der Waals surface area contributed by atoms with E-state index in [1.165, 1.54) is 12.1 Å². The van der Waals surface area contributed by atoms with Gasteiger partial charge in [0.25, 0.3) is 0 Å². The maximum absolute atomic E-state index is 13.7. The fraction of sp³-hybridized carbons (Fsp3) is 0.115. The first-order chi connectivity index (χ1) is 16.6. The maximum atomic E-state index is 13.7. The molecule has 0 unspecified atom stereocenters. The van der Waals surface area contributed by atoms with Gasteiger partial charge < -0.3 is 15.2 Å². The largest absolute Gasteiger partial charge is 0.329 e. The van der Waals surface area contributed by atoms with E-state index in [0.29, 0.717) is 30.5 Å². The molecule has 0 bridgehead atoms. The van der Waals surface area contributed by atoms with Gasteiger partial charge >= 0.3 is 0 Å². The molecule has 3 heterocycles. The van der Waals surface area contributed by atoms with Gasteiger partial charge in [0.05, 0.1) is 22.4 Å². The summed E-state index contributed by atoms with van der Waals surface area (Å²) in [4.78, 5) is 15.5. The van der Waals surface area contributed by atoms with Crippen LogP contribution in [0.1, 0.15) is 5.56 Å². The van der Waals surface area contributed by atoms with E-state index in [9.17, 15) is 4.39 Å². The predicted molar refractivity (Wildman–Crippen MR) is 134 cm³/mol. The quantitative estimate of drug-likeness (QED) is 0.342. The minimum atomic E-state index is -0.256. The lowest BCUT2D eigenvalue weighted by molar-refractivity contribution is 0.624. The van der Waals surface area contributed by atoms with Crippen molar-refractivity contribution >= 4 is 34.3 Å². The Morgan fingerprint density at radius 1 is 0.941 bits per heavy atom. The number of fused-ring (bicyclic) bond motifs is 1. The summed E-state index contributed by atoms with van der Waals surface area (Å²) in [6.45, 7) is 1.52. The normalized spacial score (nSPS) is 11.1. The molecule has 6 nitrogen and oxygen atoms in total. The molecule has 0 saturated heterocycles. The third-order valence-corrected chi connectivity index (χ3v) is 5.87. The molecule has 2 N–H and O–H groups in total. The Bertz CT molecular complexity index is 1440. The standard InChI is InChI=1S/C26H22ClFN6/c27-22-15-31-26(34(11-9-29)25-6-1-2-10-30-25)14-21(22)19-7-8-23-24(13-19)33(17-32-23)16-18-4-3-5-20(28)12-18/h1-8,10,12-15,17H,9,11,16,29H2. The van der Waals surface area contributed by atoms with Gasteiger partial charge in [0.15, 0.2) is 0 Å². The van der Waals surface area contributed by atoms with Gasteiger partial charge in [-0.05, 0) is 53.6 Å². The number of hydrogen-bond donors (Lipinski definition) is 1. The average Bonchev–Trinajstić information content (AvgIpc) is 3.25. The van der Waals surface area contributed by atoms with Crippen molar-refractivity contribution in [1.29, 1.82) is 0 Å². The van der Waals surface area contributed by atoms with Gasteiger partial charge in [-0.1, -0.05) is 35.9 Å². The molecular formula is C26H22ClFN6. The first-order valence-electron chi connectivity index (χ1n) is 10.9. The third-order valence-electron chi connectivity index (χ3n) is 5.57. The molecule has 2 aromatic carbocycles. The van der Waals surface area contributed by atoms with Crippen LogP contribution < -0.4 is 10.6 Å². The number of halogens is 2. The van der Waals surface area contributed by atoms with Gasteiger partial charge in [-0.25, -0.2) is 19.3 Å². The Balaban J connectivity index is 1.54. The molecule has 0 saturated carbocycles. The highest BCUT2D eigenvalue weighted by Crippen LogP contribution is 2.33. The molecule has 0 aliphatic heterocycles. The molecule has 0 radical (unpaired) electrons. The topological polar surface area (TPSA) is 72.9 Å². The molecule has 5 aromatic rings. The van der Waals surface area contributed by atoms with Gasteiger partial charge in [-0.3, -0.25) is 0 Å². The number of rotatable bonds is 7. The summed E-state index contributed by atoms with van der Waals surface area (Å²) in [6.07, 6.45) is 5.15. The van der Waals surface area contributed by atoms with E-state index in [4.69, 9.17) is 17.3 Å². The van der Waals surface area contributed by atoms with Crippen molar-refractivity contribution in [3.05, 3.63) is 102 Å². The van der Waals surface area contributed by atoms with Crippen molar-refractivity contribution in [2.75, 3.05) is 18.0 Å². The van der Waals surface area contributed by atoms with Crippen LogP contribution >= 0.6 is 11.6 Å². The molecular weight excluding hydrogens is 451 g/mol. The van der Waals surface area contributed by atoms with E-state index in [2.05, 4.69) is 15.0 Å². The molecule has 0 spiro atoms. The van der Waals surface area contributed by atoms with Crippen LogP contribution in [0.4, 0.5) is 16.0 Å². The first-order valence-corrected chi connectivity index (χ1v) is 11.2. The third kappa shape index (κ3) is 4.48. The first kappa shape index (κ1) is 22.0. The van der Waals surface area contributed by atoms with Gasteiger partial charge in [-0.2, -0.15) is 0 Å². The van der Waals surface area contributed by atoms with Crippen LogP contribution in [0.25, 0.3) is 22.2 Å². The summed E-state index contributed by atoms with van der Waals surface area (Å²) in [5.41, 5.74) is 10.3. The Hall–Kier alpha value is -3.81.